The van der Waals surface area contributed by atoms with Crippen molar-refractivity contribution in [3.63, 3.8) is 0 Å². The average molecular weight is 395 g/mol. The van der Waals surface area contributed by atoms with Gasteiger partial charge >= 0.3 is 5.97 Å². The number of benzene rings is 2. The fourth-order valence-electron chi connectivity index (χ4n) is 3.38. The van der Waals surface area contributed by atoms with Gasteiger partial charge < -0.3 is 19.1 Å². The van der Waals surface area contributed by atoms with E-state index in [2.05, 4.69) is 0 Å². The van der Waals surface area contributed by atoms with Gasteiger partial charge in [0.25, 0.3) is 5.56 Å². The molecule has 0 unspecified atom stereocenters. The van der Waals surface area contributed by atoms with E-state index in [1.807, 2.05) is 23.1 Å². The zero-order valence-corrected chi connectivity index (χ0v) is 16.3. The number of aromatic nitrogens is 2. The largest absolute Gasteiger partial charge is 0.497 e. The minimum absolute atomic E-state index is 0.221. The van der Waals surface area contributed by atoms with Crippen molar-refractivity contribution in [1.82, 2.24) is 9.55 Å². The Bertz CT molecular complexity index is 1120. The first-order valence-corrected chi connectivity index (χ1v) is 9.24. The summed E-state index contributed by atoms with van der Waals surface area (Å²) in [5.74, 6) is 0.670. The second kappa shape index (κ2) is 7.92. The number of carbonyl (C=O) groups excluding carboxylic acids is 1. The number of ether oxygens (including phenoxy) is 3. The lowest BCUT2D eigenvalue weighted by molar-refractivity contribution is 0.0601. The number of morpholine rings is 1. The highest BCUT2D eigenvalue weighted by Gasteiger charge is 2.21. The number of methoxy groups -OCH3 is 2. The van der Waals surface area contributed by atoms with Gasteiger partial charge in [0, 0.05) is 19.2 Å². The quantitative estimate of drug-likeness (QED) is 0.625. The molecule has 1 fully saturated rings. The number of rotatable bonds is 4. The summed E-state index contributed by atoms with van der Waals surface area (Å²) in [5.41, 5.74) is 1.22. The third-order valence-corrected chi connectivity index (χ3v) is 4.88. The Morgan fingerprint density at radius 1 is 1.10 bits per heavy atom. The fourth-order valence-corrected chi connectivity index (χ4v) is 3.38. The summed E-state index contributed by atoms with van der Waals surface area (Å²) >= 11 is 0. The van der Waals surface area contributed by atoms with Crippen LogP contribution in [0.3, 0.4) is 0 Å². The first-order chi connectivity index (χ1) is 14.1. The number of hydrogen-bond acceptors (Lipinski definition) is 7. The van der Waals surface area contributed by atoms with Gasteiger partial charge in [-0.3, -0.25) is 4.79 Å². The Kier molecular flexibility index (Phi) is 5.18. The summed E-state index contributed by atoms with van der Waals surface area (Å²) in [6.45, 7) is 2.32. The Hall–Kier alpha value is -3.39. The van der Waals surface area contributed by atoms with Gasteiger partial charge in [-0.2, -0.15) is 0 Å². The number of hydrogen-bond donors (Lipinski definition) is 0. The predicted octanol–water partition coefficient (Wildman–Crippen LogP) is 2.02. The molecule has 0 spiro atoms. The molecular weight excluding hydrogens is 374 g/mol. The van der Waals surface area contributed by atoms with E-state index in [0.717, 1.165) is 0 Å². The minimum Gasteiger partial charge on any atom is -0.497 e. The monoisotopic (exact) mass is 395 g/mol. The van der Waals surface area contributed by atoms with Crippen LogP contribution in [0.4, 0.5) is 5.95 Å². The van der Waals surface area contributed by atoms with E-state index in [-0.39, 0.29) is 5.56 Å². The third kappa shape index (κ3) is 3.54. The van der Waals surface area contributed by atoms with Crippen LogP contribution in [-0.4, -0.2) is 56.0 Å². The first kappa shape index (κ1) is 18.9. The molecule has 0 aliphatic carbocycles. The molecule has 150 valence electrons. The molecular formula is C21H21N3O5. The van der Waals surface area contributed by atoms with E-state index in [1.165, 1.54) is 7.11 Å². The van der Waals surface area contributed by atoms with Crippen molar-refractivity contribution >= 4 is 22.8 Å². The average Bonchev–Trinajstić information content (AvgIpc) is 2.78. The lowest BCUT2D eigenvalue weighted by Gasteiger charge is -2.30. The van der Waals surface area contributed by atoms with Gasteiger partial charge in [-0.15, -0.1) is 0 Å². The predicted molar refractivity (Wildman–Crippen MR) is 108 cm³/mol. The lowest BCUT2D eigenvalue weighted by atomic mass is 10.1. The maximum Gasteiger partial charge on any atom is 0.337 e. The zero-order chi connectivity index (χ0) is 20.4. The fraction of sp³-hybridized carbons (Fsp3) is 0.286. The van der Waals surface area contributed by atoms with Gasteiger partial charge in [0.1, 0.15) is 5.75 Å². The number of fused-ring (bicyclic) bond motifs is 1. The van der Waals surface area contributed by atoms with Gasteiger partial charge in [0.05, 0.1) is 49.6 Å². The molecule has 8 heteroatoms. The number of anilines is 1. The maximum absolute atomic E-state index is 13.5. The van der Waals surface area contributed by atoms with Gasteiger partial charge in [-0.25, -0.2) is 14.3 Å². The van der Waals surface area contributed by atoms with Crippen LogP contribution in [0.15, 0.2) is 47.3 Å². The molecule has 0 N–H and O–H groups in total. The highest BCUT2D eigenvalue weighted by atomic mass is 16.5. The summed E-state index contributed by atoms with van der Waals surface area (Å²) in [6.07, 6.45) is 0. The normalized spacial score (nSPS) is 14.1. The van der Waals surface area contributed by atoms with Crippen LogP contribution < -0.4 is 15.2 Å². The smallest absolute Gasteiger partial charge is 0.337 e. The molecule has 0 bridgehead atoms. The Labute approximate surface area is 167 Å². The Morgan fingerprint density at radius 3 is 2.62 bits per heavy atom. The van der Waals surface area contributed by atoms with Crippen molar-refractivity contribution in [2.75, 3.05) is 45.4 Å². The van der Waals surface area contributed by atoms with E-state index in [1.54, 1.807) is 35.9 Å². The molecule has 8 nitrogen and oxygen atoms in total. The van der Waals surface area contributed by atoms with Crippen LogP contribution >= 0.6 is 0 Å². The molecule has 29 heavy (non-hydrogen) atoms. The zero-order valence-electron chi connectivity index (χ0n) is 16.3. The molecule has 0 saturated carbocycles. The van der Waals surface area contributed by atoms with E-state index in [9.17, 15) is 9.59 Å². The Morgan fingerprint density at radius 2 is 1.90 bits per heavy atom. The van der Waals surface area contributed by atoms with Crippen molar-refractivity contribution in [3.8, 4) is 11.4 Å². The number of esters is 1. The molecule has 0 radical (unpaired) electrons. The second-order valence-corrected chi connectivity index (χ2v) is 6.58. The van der Waals surface area contributed by atoms with E-state index in [0.29, 0.717) is 60.2 Å². The van der Waals surface area contributed by atoms with Crippen LogP contribution in [0.5, 0.6) is 5.75 Å². The van der Waals surface area contributed by atoms with E-state index in [4.69, 9.17) is 19.2 Å². The number of carbonyl (C=O) groups is 1. The molecule has 0 amide bonds. The lowest BCUT2D eigenvalue weighted by Crippen LogP contribution is -2.40. The summed E-state index contributed by atoms with van der Waals surface area (Å²) in [4.78, 5) is 32.1. The highest BCUT2D eigenvalue weighted by molar-refractivity contribution is 5.94. The molecule has 1 aliphatic heterocycles. The van der Waals surface area contributed by atoms with Crippen molar-refractivity contribution in [1.29, 1.82) is 0 Å². The van der Waals surface area contributed by atoms with Gasteiger partial charge in [0.2, 0.25) is 5.95 Å². The molecule has 2 aromatic carbocycles. The van der Waals surface area contributed by atoms with Crippen LogP contribution in [0.25, 0.3) is 16.6 Å². The molecule has 1 aliphatic rings. The topological polar surface area (TPSA) is 82.9 Å². The van der Waals surface area contributed by atoms with Crippen LogP contribution in [0.2, 0.25) is 0 Å². The van der Waals surface area contributed by atoms with Gasteiger partial charge in [0.15, 0.2) is 0 Å². The highest BCUT2D eigenvalue weighted by Crippen LogP contribution is 2.23. The Balaban J connectivity index is 1.97. The first-order valence-electron chi connectivity index (χ1n) is 9.24. The van der Waals surface area contributed by atoms with E-state index >= 15 is 0 Å². The molecule has 3 aromatic rings. The van der Waals surface area contributed by atoms with Crippen molar-refractivity contribution in [3.05, 3.63) is 58.4 Å². The maximum atomic E-state index is 13.5. The van der Waals surface area contributed by atoms with Crippen LogP contribution in [0, 0.1) is 0 Å². The van der Waals surface area contributed by atoms with Crippen LogP contribution in [0.1, 0.15) is 10.4 Å². The van der Waals surface area contributed by atoms with Crippen molar-refractivity contribution in [2.24, 2.45) is 0 Å². The van der Waals surface area contributed by atoms with Crippen molar-refractivity contribution in [2.45, 2.75) is 0 Å². The summed E-state index contributed by atoms with van der Waals surface area (Å²) < 4.78 is 17.1. The number of nitrogens with zero attached hydrogens (tertiary/aromatic N) is 3. The van der Waals surface area contributed by atoms with Gasteiger partial charge in [-0.1, -0.05) is 6.07 Å². The third-order valence-electron chi connectivity index (χ3n) is 4.88. The van der Waals surface area contributed by atoms with Gasteiger partial charge in [-0.05, 0) is 30.3 Å². The molecule has 4 rings (SSSR count). The molecule has 1 saturated heterocycles. The SMILES string of the molecule is COC(=O)c1ccc2c(=O)n(-c3cccc(OC)c3)c(N3CCOCC3)nc2c1. The van der Waals surface area contributed by atoms with Crippen LogP contribution in [-0.2, 0) is 9.47 Å². The summed E-state index contributed by atoms with van der Waals surface area (Å²) in [6, 6.07) is 12.0. The minimum atomic E-state index is -0.474. The summed E-state index contributed by atoms with van der Waals surface area (Å²) in [5, 5.41) is 0.414. The van der Waals surface area contributed by atoms with E-state index < -0.39 is 5.97 Å². The molecule has 2 heterocycles. The molecule has 0 atom stereocenters. The molecule has 1 aromatic heterocycles. The summed E-state index contributed by atoms with van der Waals surface area (Å²) in [7, 11) is 2.90. The second-order valence-electron chi connectivity index (χ2n) is 6.58. The standard InChI is InChI=1S/C21H21N3O5/c1-27-16-5-3-4-15(13-16)24-19(25)17-7-6-14(20(26)28-2)12-18(17)22-21(24)23-8-10-29-11-9-23/h3-7,12-13H,8-11H2,1-2H3. The van der Waals surface area contributed by atoms with Crippen molar-refractivity contribution < 1.29 is 19.0 Å².